The van der Waals surface area contributed by atoms with Gasteiger partial charge in [0.25, 0.3) is 0 Å². The van der Waals surface area contributed by atoms with E-state index in [0.29, 0.717) is 12.6 Å². The standard InChI is InChI=1S/C16H27N3/c1-3-7-18-8-10-19(11-9-18)16(13-17)15-6-4-5-14(2)12-15/h4-6,12,16H,3,7-11,13,17H2,1-2H3. The van der Waals surface area contributed by atoms with E-state index in [4.69, 9.17) is 5.73 Å². The second-order valence-corrected chi connectivity index (χ2v) is 5.54. The lowest BCUT2D eigenvalue weighted by molar-refractivity contribution is 0.0985. The largest absolute Gasteiger partial charge is 0.329 e. The molecular formula is C16H27N3. The first kappa shape index (κ1) is 14.5. The summed E-state index contributed by atoms with van der Waals surface area (Å²) in [6, 6.07) is 9.15. The molecule has 0 amide bonds. The van der Waals surface area contributed by atoms with Crippen LogP contribution in [0.5, 0.6) is 0 Å². The van der Waals surface area contributed by atoms with E-state index in [1.807, 2.05) is 0 Å². The molecule has 2 rings (SSSR count). The van der Waals surface area contributed by atoms with Gasteiger partial charge in [-0.3, -0.25) is 4.90 Å². The zero-order valence-corrected chi connectivity index (χ0v) is 12.3. The third kappa shape index (κ3) is 3.78. The number of hydrogen-bond donors (Lipinski definition) is 1. The molecule has 1 aromatic carbocycles. The molecule has 0 spiro atoms. The number of nitrogens with zero attached hydrogens (tertiary/aromatic N) is 2. The van der Waals surface area contributed by atoms with Gasteiger partial charge in [0, 0.05) is 38.8 Å². The van der Waals surface area contributed by atoms with Crippen molar-refractivity contribution in [1.29, 1.82) is 0 Å². The highest BCUT2D eigenvalue weighted by molar-refractivity contribution is 5.25. The van der Waals surface area contributed by atoms with Crippen LogP contribution in [-0.4, -0.2) is 49.1 Å². The summed E-state index contributed by atoms with van der Waals surface area (Å²) in [5.41, 5.74) is 8.71. The van der Waals surface area contributed by atoms with Crippen molar-refractivity contribution in [1.82, 2.24) is 9.80 Å². The highest BCUT2D eigenvalue weighted by Crippen LogP contribution is 2.22. The van der Waals surface area contributed by atoms with E-state index in [0.717, 1.165) is 13.1 Å². The van der Waals surface area contributed by atoms with Crippen molar-refractivity contribution in [3.63, 3.8) is 0 Å². The Hall–Kier alpha value is -0.900. The number of rotatable bonds is 5. The smallest absolute Gasteiger partial charge is 0.0471 e. The van der Waals surface area contributed by atoms with Gasteiger partial charge < -0.3 is 10.6 Å². The first-order valence-electron chi connectivity index (χ1n) is 7.47. The SMILES string of the molecule is CCCN1CCN(C(CN)c2cccc(C)c2)CC1. The van der Waals surface area contributed by atoms with Gasteiger partial charge in [-0.2, -0.15) is 0 Å². The monoisotopic (exact) mass is 261 g/mol. The highest BCUT2D eigenvalue weighted by atomic mass is 15.3. The van der Waals surface area contributed by atoms with E-state index in [2.05, 4.69) is 47.9 Å². The molecule has 1 atom stereocenters. The van der Waals surface area contributed by atoms with Crippen LogP contribution in [0.1, 0.15) is 30.5 Å². The van der Waals surface area contributed by atoms with Gasteiger partial charge in [0.1, 0.15) is 0 Å². The lowest BCUT2D eigenvalue weighted by Gasteiger charge is -2.39. The summed E-state index contributed by atoms with van der Waals surface area (Å²) in [5.74, 6) is 0. The van der Waals surface area contributed by atoms with Crippen molar-refractivity contribution >= 4 is 0 Å². The Morgan fingerprint density at radius 1 is 1.21 bits per heavy atom. The third-order valence-corrected chi connectivity index (χ3v) is 4.04. The molecule has 1 unspecified atom stereocenters. The van der Waals surface area contributed by atoms with Gasteiger partial charge in [-0.15, -0.1) is 0 Å². The normalized spacial score (nSPS) is 19.5. The number of piperazine rings is 1. The number of hydrogen-bond acceptors (Lipinski definition) is 3. The number of benzene rings is 1. The van der Waals surface area contributed by atoms with Crippen LogP contribution >= 0.6 is 0 Å². The van der Waals surface area contributed by atoms with Crippen molar-refractivity contribution in [2.45, 2.75) is 26.3 Å². The minimum absolute atomic E-state index is 0.378. The molecular weight excluding hydrogens is 234 g/mol. The van der Waals surface area contributed by atoms with Crippen LogP contribution in [0, 0.1) is 6.92 Å². The van der Waals surface area contributed by atoms with Crippen molar-refractivity contribution in [3.05, 3.63) is 35.4 Å². The maximum Gasteiger partial charge on any atom is 0.0471 e. The van der Waals surface area contributed by atoms with Crippen LogP contribution in [0.4, 0.5) is 0 Å². The quantitative estimate of drug-likeness (QED) is 0.880. The van der Waals surface area contributed by atoms with E-state index < -0.39 is 0 Å². The molecule has 1 fully saturated rings. The Labute approximate surface area is 117 Å². The Morgan fingerprint density at radius 2 is 1.95 bits per heavy atom. The molecule has 1 heterocycles. The third-order valence-electron chi connectivity index (χ3n) is 4.04. The van der Waals surface area contributed by atoms with Gasteiger partial charge in [0.05, 0.1) is 0 Å². The maximum absolute atomic E-state index is 6.02. The zero-order valence-electron chi connectivity index (χ0n) is 12.3. The summed E-state index contributed by atoms with van der Waals surface area (Å²) in [6.07, 6.45) is 1.25. The molecule has 1 aliphatic rings. The van der Waals surface area contributed by atoms with Crippen molar-refractivity contribution in [3.8, 4) is 0 Å². The van der Waals surface area contributed by atoms with Gasteiger partial charge in [-0.25, -0.2) is 0 Å². The lowest BCUT2D eigenvalue weighted by atomic mass is 10.0. The fraction of sp³-hybridized carbons (Fsp3) is 0.625. The fourth-order valence-corrected chi connectivity index (χ4v) is 2.99. The van der Waals surface area contributed by atoms with E-state index in [1.165, 1.54) is 37.2 Å². The zero-order chi connectivity index (χ0) is 13.7. The maximum atomic E-state index is 6.02. The summed E-state index contributed by atoms with van der Waals surface area (Å²) in [6.45, 7) is 11.0. The summed E-state index contributed by atoms with van der Waals surface area (Å²) in [5, 5.41) is 0. The molecule has 0 aromatic heterocycles. The second-order valence-electron chi connectivity index (χ2n) is 5.54. The first-order chi connectivity index (χ1) is 9.24. The molecule has 1 aromatic rings. The van der Waals surface area contributed by atoms with Crippen LogP contribution < -0.4 is 5.73 Å². The summed E-state index contributed by atoms with van der Waals surface area (Å²) in [7, 11) is 0. The van der Waals surface area contributed by atoms with E-state index in [-0.39, 0.29) is 0 Å². The molecule has 3 nitrogen and oxygen atoms in total. The minimum Gasteiger partial charge on any atom is -0.329 e. The fourth-order valence-electron chi connectivity index (χ4n) is 2.99. The van der Waals surface area contributed by atoms with Gasteiger partial charge in [0.15, 0.2) is 0 Å². The predicted molar refractivity (Wildman–Crippen MR) is 81.3 cm³/mol. The Bertz CT molecular complexity index is 383. The molecule has 106 valence electrons. The molecule has 2 N–H and O–H groups in total. The van der Waals surface area contributed by atoms with Gasteiger partial charge >= 0.3 is 0 Å². The topological polar surface area (TPSA) is 32.5 Å². The Kier molecular flexibility index (Phi) is 5.37. The van der Waals surface area contributed by atoms with Crippen LogP contribution in [0.25, 0.3) is 0 Å². The first-order valence-corrected chi connectivity index (χ1v) is 7.47. The average Bonchev–Trinajstić information content (AvgIpc) is 2.42. The lowest BCUT2D eigenvalue weighted by Crippen LogP contribution is -2.49. The molecule has 19 heavy (non-hydrogen) atoms. The summed E-state index contributed by atoms with van der Waals surface area (Å²) >= 11 is 0. The number of aryl methyl sites for hydroxylation is 1. The minimum atomic E-state index is 0.378. The van der Waals surface area contributed by atoms with Crippen molar-refractivity contribution in [2.75, 3.05) is 39.3 Å². The van der Waals surface area contributed by atoms with Crippen LogP contribution in [0.15, 0.2) is 24.3 Å². The second kappa shape index (κ2) is 7.04. The molecule has 0 saturated carbocycles. The van der Waals surface area contributed by atoms with Crippen LogP contribution in [0.2, 0.25) is 0 Å². The van der Waals surface area contributed by atoms with Crippen LogP contribution in [-0.2, 0) is 0 Å². The molecule has 0 aliphatic carbocycles. The molecule has 3 heteroatoms. The van der Waals surface area contributed by atoms with Gasteiger partial charge in [-0.1, -0.05) is 36.8 Å². The van der Waals surface area contributed by atoms with E-state index >= 15 is 0 Å². The van der Waals surface area contributed by atoms with E-state index in [1.54, 1.807) is 0 Å². The van der Waals surface area contributed by atoms with E-state index in [9.17, 15) is 0 Å². The summed E-state index contributed by atoms with van der Waals surface area (Å²) in [4.78, 5) is 5.10. The number of nitrogens with two attached hydrogens (primary N) is 1. The van der Waals surface area contributed by atoms with Crippen LogP contribution in [0.3, 0.4) is 0 Å². The highest BCUT2D eigenvalue weighted by Gasteiger charge is 2.23. The Balaban J connectivity index is 1.99. The van der Waals surface area contributed by atoms with Crippen molar-refractivity contribution in [2.24, 2.45) is 5.73 Å². The molecule has 1 saturated heterocycles. The Morgan fingerprint density at radius 3 is 2.53 bits per heavy atom. The van der Waals surface area contributed by atoms with Crippen molar-refractivity contribution < 1.29 is 0 Å². The molecule has 1 aliphatic heterocycles. The predicted octanol–water partition coefficient (Wildman–Crippen LogP) is 2.02. The molecule has 0 bridgehead atoms. The average molecular weight is 261 g/mol. The summed E-state index contributed by atoms with van der Waals surface area (Å²) < 4.78 is 0. The van der Waals surface area contributed by atoms with Gasteiger partial charge in [-0.05, 0) is 25.5 Å². The van der Waals surface area contributed by atoms with Gasteiger partial charge in [0.2, 0.25) is 0 Å². The molecule has 0 radical (unpaired) electrons.